The molecule has 0 spiro atoms. The molecule has 160 valence electrons. The maximum atomic E-state index is 10.6. The summed E-state index contributed by atoms with van der Waals surface area (Å²) in [4.78, 5) is 13.1. The predicted octanol–water partition coefficient (Wildman–Crippen LogP) is 3.71. The molecule has 0 radical (unpaired) electrons. The molecular formula is C25H32N2O3. The zero-order chi connectivity index (χ0) is 20.8. The van der Waals surface area contributed by atoms with E-state index in [9.17, 15) is 4.79 Å². The van der Waals surface area contributed by atoms with Crippen LogP contribution in [-0.2, 0) is 9.53 Å². The Morgan fingerprint density at radius 2 is 2.03 bits per heavy atom. The van der Waals surface area contributed by atoms with E-state index >= 15 is 0 Å². The Bertz CT molecular complexity index is 794. The Balaban J connectivity index is 1.09. The second-order valence-electron chi connectivity index (χ2n) is 8.55. The third kappa shape index (κ3) is 6.07. The normalized spacial score (nSPS) is 27.2. The van der Waals surface area contributed by atoms with Crippen LogP contribution in [0.15, 0.2) is 66.5 Å². The van der Waals surface area contributed by atoms with Crippen molar-refractivity contribution >= 4 is 5.97 Å². The number of likely N-dealkylation sites (tertiary alicyclic amines) is 1. The smallest absolute Gasteiger partial charge is 0.327 e. The van der Waals surface area contributed by atoms with Crippen molar-refractivity contribution in [1.29, 1.82) is 0 Å². The Kier molecular flexibility index (Phi) is 7.03. The largest absolute Gasteiger partial charge is 0.493 e. The van der Waals surface area contributed by atoms with Crippen LogP contribution in [0.5, 0.6) is 0 Å². The van der Waals surface area contributed by atoms with E-state index in [0.29, 0.717) is 24.6 Å². The summed E-state index contributed by atoms with van der Waals surface area (Å²) < 4.78 is 5.90. The minimum absolute atomic E-state index is 0.146. The Morgan fingerprint density at radius 1 is 1.23 bits per heavy atom. The lowest BCUT2D eigenvalue weighted by Gasteiger charge is -2.32. The van der Waals surface area contributed by atoms with Crippen molar-refractivity contribution in [3.63, 3.8) is 0 Å². The van der Waals surface area contributed by atoms with E-state index in [2.05, 4.69) is 40.5 Å². The van der Waals surface area contributed by atoms with Crippen LogP contribution in [0.25, 0.3) is 0 Å². The van der Waals surface area contributed by atoms with Crippen LogP contribution >= 0.6 is 0 Å². The number of carbonyl (C=O) groups is 1. The molecule has 4 rings (SSSR count). The van der Waals surface area contributed by atoms with Crippen LogP contribution < -0.4 is 5.32 Å². The van der Waals surface area contributed by atoms with E-state index in [1.165, 1.54) is 30.9 Å². The fraction of sp³-hybridized carbons (Fsp3) is 0.480. The number of allylic oxidation sites excluding steroid dienone is 4. The summed E-state index contributed by atoms with van der Waals surface area (Å²) in [5.41, 5.74) is 1.47. The van der Waals surface area contributed by atoms with Crippen LogP contribution in [0.4, 0.5) is 0 Å². The molecule has 2 aliphatic carbocycles. The number of carboxylic acids is 1. The average Bonchev–Trinajstić information content (AvgIpc) is 3.54. The van der Waals surface area contributed by atoms with Crippen LogP contribution in [0, 0.1) is 5.92 Å². The molecule has 0 bridgehead atoms. The van der Waals surface area contributed by atoms with Crippen molar-refractivity contribution in [2.45, 2.75) is 43.7 Å². The molecule has 2 fully saturated rings. The Labute approximate surface area is 179 Å². The van der Waals surface area contributed by atoms with Crippen molar-refractivity contribution in [2.24, 2.45) is 5.92 Å². The standard InChI is InChI=1S/C25H32N2O3/c28-25(29)11-8-19-6-9-22(10-7-19)30-17-16-27-14-12-21(13-15-27)26-24-18-23(24)20-4-2-1-3-5-20/h1-6,8-11,19,21,23-24,26H,7,12-18H2,(H,28,29)/b11-8+/t19?,23-,24+/m0/s1. The van der Waals surface area contributed by atoms with Gasteiger partial charge in [-0.1, -0.05) is 42.5 Å². The predicted molar refractivity (Wildman–Crippen MR) is 118 cm³/mol. The molecule has 5 nitrogen and oxygen atoms in total. The molecule has 0 amide bonds. The van der Waals surface area contributed by atoms with Gasteiger partial charge in [-0.2, -0.15) is 0 Å². The highest BCUT2D eigenvalue weighted by atomic mass is 16.5. The van der Waals surface area contributed by atoms with E-state index in [1.54, 1.807) is 6.08 Å². The number of piperidine rings is 1. The summed E-state index contributed by atoms with van der Waals surface area (Å²) in [6, 6.07) is 12.2. The SMILES string of the molecule is O=C(O)/C=C/C1C=CC(OCCN2CCC(N[C@@H]3C[C@H]3c3ccccc3)CC2)=CC1. The van der Waals surface area contributed by atoms with Gasteiger partial charge in [0.1, 0.15) is 12.4 Å². The first-order valence-corrected chi connectivity index (χ1v) is 11.1. The molecule has 1 saturated carbocycles. The molecule has 5 heteroatoms. The summed E-state index contributed by atoms with van der Waals surface area (Å²) in [5.74, 6) is 0.843. The first kappa shape index (κ1) is 20.9. The zero-order valence-corrected chi connectivity index (χ0v) is 17.5. The number of aliphatic carboxylic acids is 1. The second-order valence-corrected chi connectivity index (χ2v) is 8.55. The number of hydrogen-bond acceptors (Lipinski definition) is 4. The van der Waals surface area contributed by atoms with E-state index in [-0.39, 0.29) is 5.92 Å². The number of rotatable bonds is 9. The summed E-state index contributed by atoms with van der Waals surface area (Å²) in [7, 11) is 0. The highest BCUT2D eigenvalue weighted by Crippen LogP contribution is 2.41. The van der Waals surface area contributed by atoms with Gasteiger partial charge in [0.05, 0.1) is 0 Å². The van der Waals surface area contributed by atoms with Crippen molar-refractivity contribution in [3.8, 4) is 0 Å². The minimum Gasteiger partial charge on any atom is -0.493 e. The molecule has 1 aromatic carbocycles. The molecule has 1 saturated heterocycles. The van der Waals surface area contributed by atoms with Gasteiger partial charge in [-0.3, -0.25) is 4.90 Å². The van der Waals surface area contributed by atoms with Gasteiger partial charge < -0.3 is 15.2 Å². The Hall–Kier alpha value is -2.37. The van der Waals surface area contributed by atoms with E-state index < -0.39 is 5.97 Å². The Morgan fingerprint density at radius 3 is 2.73 bits per heavy atom. The molecule has 1 unspecified atom stereocenters. The van der Waals surface area contributed by atoms with Gasteiger partial charge in [0, 0.05) is 30.6 Å². The molecule has 2 N–H and O–H groups in total. The number of nitrogens with zero attached hydrogens (tertiary/aromatic N) is 1. The molecule has 1 aliphatic heterocycles. The monoisotopic (exact) mass is 408 g/mol. The van der Waals surface area contributed by atoms with Crippen molar-refractivity contribution in [2.75, 3.05) is 26.2 Å². The number of benzene rings is 1. The molecule has 30 heavy (non-hydrogen) atoms. The van der Waals surface area contributed by atoms with Crippen LogP contribution in [0.2, 0.25) is 0 Å². The number of ether oxygens (including phenoxy) is 1. The third-order valence-corrected chi connectivity index (χ3v) is 6.32. The fourth-order valence-electron chi connectivity index (χ4n) is 4.44. The van der Waals surface area contributed by atoms with Crippen LogP contribution in [0.3, 0.4) is 0 Å². The lowest BCUT2D eigenvalue weighted by Crippen LogP contribution is -2.44. The van der Waals surface area contributed by atoms with Gasteiger partial charge in [0.2, 0.25) is 0 Å². The van der Waals surface area contributed by atoms with Crippen molar-refractivity contribution in [1.82, 2.24) is 10.2 Å². The number of hydrogen-bond donors (Lipinski definition) is 2. The van der Waals surface area contributed by atoms with E-state index in [0.717, 1.165) is 31.8 Å². The third-order valence-electron chi connectivity index (χ3n) is 6.32. The molecule has 1 heterocycles. The van der Waals surface area contributed by atoms with Gasteiger partial charge in [0.15, 0.2) is 0 Å². The summed E-state index contributed by atoms with van der Waals surface area (Å²) in [5, 5.41) is 12.6. The second kappa shape index (κ2) is 10.1. The molecule has 3 atom stereocenters. The van der Waals surface area contributed by atoms with Gasteiger partial charge in [-0.05, 0) is 62.4 Å². The van der Waals surface area contributed by atoms with E-state index in [1.807, 2.05) is 18.2 Å². The maximum Gasteiger partial charge on any atom is 0.327 e. The summed E-state index contributed by atoms with van der Waals surface area (Å²) in [6.45, 7) is 3.90. The van der Waals surface area contributed by atoms with E-state index in [4.69, 9.17) is 9.84 Å². The lowest BCUT2D eigenvalue weighted by molar-refractivity contribution is -0.131. The van der Waals surface area contributed by atoms with Gasteiger partial charge in [0.25, 0.3) is 0 Å². The summed E-state index contributed by atoms with van der Waals surface area (Å²) in [6.07, 6.45) is 13.4. The maximum absolute atomic E-state index is 10.6. The highest BCUT2D eigenvalue weighted by Gasteiger charge is 2.39. The fourth-order valence-corrected chi connectivity index (χ4v) is 4.44. The quantitative estimate of drug-likeness (QED) is 0.610. The van der Waals surface area contributed by atoms with Crippen LogP contribution in [0.1, 0.15) is 37.2 Å². The van der Waals surface area contributed by atoms with Crippen molar-refractivity contribution in [3.05, 3.63) is 72.0 Å². The number of carboxylic acid groups (broad SMARTS) is 1. The first-order chi connectivity index (χ1) is 14.7. The highest BCUT2D eigenvalue weighted by molar-refractivity contribution is 5.79. The summed E-state index contributed by atoms with van der Waals surface area (Å²) >= 11 is 0. The molecular weight excluding hydrogens is 376 g/mol. The topological polar surface area (TPSA) is 61.8 Å². The first-order valence-electron chi connectivity index (χ1n) is 11.1. The minimum atomic E-state index is -0.901. The average molecular weight is 409 g/mol. The van der Waals surface area contributed by atoms with Gasteiger partial charge in [-0.15, -0.1) is 0 Å². The zero-order valence-electron chi connectivity index (χ0n) is 17.5. The number of nitrogens with one attached hydrogen (secondary N) is 1. The van der Waals surface area contributed by atoms with Crippen LogP contribution in [-0.4, -0.2) is 54.3 Å². The van der Waals surface area contributed by atoms with Crippen molar-refractivity contribution < 1.29 is 14.6 Å². The molecule has 0 aromatic heterocycles. The lowest BCUT2D eigenvalue weighted by atomic mass is 9.99. The molecule has 1 aromatic rings. The van der Waals surface area contributed by atoms with Gasteiger partial charge in [-0.25, -0.2) is 4.79 Å². The molecule has 3 aliphatic rings. The van der Waals surface area contributed by atoms with Gasteiger partial charge >= 0.3 is 5.97 Å².